The van der Waals surface area contributed by atoms with Crippen LogP contribution in [0, 0.1) is 5.92 Å². The van der Waals surface area contributed by atoms with E-state index in [-0.39, 0.29) is 12.2 Å². The van der Waals surface area contributed by atoms with Gasteiger partial charge in [0.2, 0.25) is 0 Å². The summed E-state index contributed by atoms with van der Waals surface area (Å²) < 4.78 is 5.32. The molecule has 1 atom stereocenters. The van der Waals surface area contributed by atoms with Crippen LogP contribution in [0.25, 0.3) is 0 Å². The van der Waals surface area contributed by atoms with Gasteiger partial charge in [0.1, 0.15) is 0 Å². The first-order chi connectivity index (χ1) is 7.18. The summed E-state index contributed by atoms with van der Waals surface area (Å²) in [5.41, 5.74) is 0. The van der Waals surface area contributed by atoms with Crippen LogP contribution in [0.5, 0.6) is 0 Å². The first kappa shape index (κ1) is 12.9. The normalized spacial score (nSPS) is 18.4. The Labute approximate surface area is 93.2 Å². The lowest BCUT2D eigenvalue weighted by atomic mass is 10.2. The van der Waals surface area contributed by atoms with E-state index >= 15 is 0 Å². The average molecular weight is 215 g/mol. The van der Waals surface area contributed by atoms with Crippen LogP contribution >= 0.6 is 0 Å². The van der Waals surface area contributed by atoms with Crippen LogP contribution in [-0.2, 0) is 4.74 Å². The molecule has 90 valence electrons. The number of hydrogen-bond acceptors (Lipinski definition) is 3. The fraction of sp³-hybridized carbons (Fsp3) is 1.00. The summed E-state index contributed by atoms with van der Waals surface area (Å²) >= 11 is 0. The number of hydrogen-bond donors (Lipinski definition) is 2. The molecule has 0 saturated heterocycles. The quantitative estimate of drug-likeness (QED) is 0.573. The minimum Gasteiger partial charge on any atom is -0.389 e. The Morgan fingerprint density at radius 2 is 2.13 bits per heavy atom. The largest absolute Gasteiger partial charge is 0.389 e. The van der Waals surface area contributed by atoms with Crippen molar-refractivity contribution in [2.75, 3.05) is 19.7 Å². The minimum atomic E-state index is -0.367. The zero-order valence-electron chi connectivity index (χ0n) is 10.0. The fourth-order valence-electron chi connectivity index (χ4n) is 1.55. The van der Waals surface area contributed by atoms with Gasteiger partial charge < -0.3 is 15.2 Å². The first-order valence-corrected chi connectivity index (χ1v) is 6.19. The Bertz CT molecular complexity index is 158. The molecule has 3 heteroatoms. The van der Waals surface area contributed by atoms with E-state index in [0.717, 1.165) is 12.5 Å². The molecule has 1 aliphatic rings. The van der Waals surface area contributed by atoms with Gasteiger partial charge in [-0.25, -0.2) is 0 Å². The fourth-order valence-corrected chi connectivity index (χ4v) is 1.55. The maximum absolute atomic E-state index is 9.53. The van der Waals surface area contributed by atoms with Gasteiger partial charge in [0, 0.05) is 6.54 Å². The van der Waals surface area contributed by atoms with Gasteiger partial charge in [-0.3, -0.25) is 0 Å². The summed E-state index contributed by atoms with van der Waals surface area (Å²) in [5.74, 6) is 1.01. The molecule has 2 N–H and O–H groups in total. The highest BCUT2D eigenvalue weighted by Gasteiger charge is 2.19. The van der Waals surface area contributed by atoms with E-state index in [1.54, 1.807) is 0 Å². The molecule has 0 heterocycles. The van der Waals surface area contributed by atoms with E-state index in [2.05, 4.69) is 5.32 Å². The van der Waals surface area contributed by atoms with Crippen LogP contribution in [-0.4, -0.2) is 37.0 Å². The molecule has 0 spiro atoms. The molecule has 0 radical (unpaired) electrons. The third-order valence-electron chi connectivity index (χ3n) is 2.66. The minimum absolute atomic E-state index is 0.203. The highest BCUT2D eigenvalue weighted by Crippen LogP contribution is 2.33. The van der Waals surface area contributed by atoms with Gasteiger partial charge in [0.15, 0.2) is 0 Å². The second kappa shape index (κ2) is 7.20. The van der Waals surface area contributed by atoms with Crippen LogP contribution in [0.4, 0.5) is 0 Å². The van der Waals surface area contributed by atoms with Crippen LogP contribution in [0.15, 0.2) is 0 Å². The summed E-state index contributed by atoms with van der Waals surface area (Å²) in [4.78, 5) is 0. The van der Waals surface area contributed by atoms with Gasteiger partial charge in [0.05, 0.1) is 18.8 Å². The molecule has 1 saturated carbocycles. The van der Waals surface area contributed by atoms with Gasteiger partial charge >= 0.3 is 0 Å². The zero-order chi connectivity index (χ0) is 11.1. The molecule has 1 unspecified atom stereocenters. The Balaban J connectivity index is 1.80. The second-order valence-electron chi connectivity index (χ2n) is 4.83. The maximum atomic E-state index is 9.53. The molecular weight excluding hydrogens is 190 g/mol. The summed E-state index contributed by atoms with van der Waals surface area (Å²) in [7, 11) is 0. The lowest BCUT2D eigenvalue weighted by molar-refractivity contribution is 0.00645. The molecular formula is C12H25NO2. The summed E-state index contributed by atoms with van der Waals surface area (Å²) in [5, 5.41) is 12.8. The highest BCUT2D eigenvalue weighted by atomic mass is 16.5. The first-order valence-electron chi connectivity index (χ1n) is 6.19. The number of rotatable bonds is 9. The number of aliphatic hydroxyl groups is 1. The van der Waals surface area contributed by atoms with E-state index in [1.165, 1.54) is 25.7 Å². The van der Waals surface area contributed by atoms with Crippen LogP contribution < -0.4 is 5.32 Å². The molecule has 1 fully saturated rings. The smallest absolute Gasteiger partial charge is 0.0897 e. The Morgan fingerprint density at radius 1 is 1.40 bits per heavy atom. The standard InChI is InChI=1S/C12H25NO2/c1-10(2)15-9-12(14)8-13-7-3-4-11-5-6-11/h10-14H,3-9H2,1-2H3. The van der Waals surface area contributed by atoms with Crippen LogP contribution in [0.1, 0.15) is 39.5 Å². The van der Waals surface area contributed by atoms with Crippen molar-refractivity contribution >= 4 is 0 Å². The van der Waals surface area contributed by atoms with E-state index in [4.69, 9.17) is 4.74 Å². The molecule has 0 aromatic heterocycles. The molecule has 0 aliphatic heterocycles. The van der Waals surface area contributed by atoms with E-state index in [1.807, 2.05) is 13.8 Å². The SMILES string of the molecule is CC(C)OCC(O)CNCCCC1CC1. The molecule has 0 bridgehead atoms. The number of nitrogens with one attached hydrogen (secondary N) is 1. The molecule has 1 aliphatic carbocycles. The topological polar surface area (TPSA) is 41.5 Å². The monoisotopic (exact) mass is 215 g/mol. The van der Waals surface area contributed by atoms with Gasteiger partial charge in [-0.1, -0.05) is 12.8 Å². The Hall–Kier alpha value is -0.120. The summed E-state index contributed by atoms with van der Waals surface area (Å²) in [6.45, 7) is 6.07. The highest BCUT2D eigenvalue weighted by molar-refractivity contribution is 4.73. The predicted molar refractivity (Wildman–Crippen MR) is 61.9 cm³/mol. The molecule has 3 nitrogen and oxygen atoms in total. The van der Waals surface area contributed by atoms with Crippen LogP contribution in [0.3, 0.4) is 0 Å². The van der Waals surface area contributed by atoms with Crippen molar-refractivity contribution in [1.82, 2.24) is 5.32 Å². The third-order valence-corrected chi connectivity index (χ3v) is 2.66. The third kappa shape index (κ3) is 7.77. The van der Waals surface area contributed by atoms with Crippen molar-refractivity contribution in [3.8, 4) is 0 Å². The maximum Gasteiger partial charge on any atom is 0.0897 e. The Morgan fingerprint density at radius 3 is 2.73 bits per heavy atom. The van der Waals surface area contributed by atoms with Crippen molar-refractivity contribution in [2.45, 2.75) is 51.7 Å². The van der Waals surface area contributed by atoms with Gasteiger partial charge in [-0.15, -0.1) is 0 Å². The number of aliphatic hydroxyl groups excluding tert-OH is 1. The molecule has 0 aromatic carbocycles. The average Bonchev–Trinajstić information content (AvgIpc) is 2.98. The lowest BCUT2D eigenvalue weighted by Gasteiger charge is -2.14. The van der Waals surface area contributed by atoms with Crippen molar-refractivity contribution in [3.05, 3.63) is 0 Å². The van der Waals surface area contributed by atoms with Crippen LogP contribution in [0.2, 0.25) is 0 Å². The van der Waals surface area contributed by atoms with Crippen molar-refractivity contribution < 1.29 is 9.84 Å². The van der Waals surface area contributed by atoms with Crippen molar-refractivity contribution in [3.63, 3.8) is 0 Å². The number of ether oxygens (including phenoxy) is 1. The predicted octanol–water partition coefficient (Wildman–Crippen LogP) is 1.55. The zero-order valence-corrected chi connectivity index (χ0v) is 10.0. The summed E-state index contributed by atoms with van der Waals surface area (Å²) in [6, 6.07) is 0. The van der Waals surface area contributed by atoms with Gasteiger partial charge in [0.25, 0.3) is 0 Å². The van der Waals surface area contributed by atoms with Crippen molar-refractivity contribution in [2.24, 2.45) is 5.92 Å². The van der Waals surface area contributed by atoms with Gasteiger partial charge in [-0.2, -0.15) is 0 Å². The molecule has 1 rings (SSSR count). The lowest BCUT2D eigenvalue weighted by Crippen LogP contribution is -2.31. The Kier molecular flexibility index (Phi) is 6.22. The van der Waals surface area contributed by atoms with E-state index in [9.17, 15) is 5.11 Å². The molecule has 0 aromatic rings. The van der Waals surface area contributed by atoms with E-state index in [0.29, 0.717) is 13.2 Å². The van der Waals surface area contributed by atoms with Crippen molar-refractivity contribution in [1.29, 1.82) is 0 Å². The second-order valence-corrected chi connectivity index (χ2v) is 4.83. The summed E-state index contributed by atoms with van der Waals surface area (Å²) in [6.07, 6.45) is 5.30. The van der Waals surface area contributed by atoms with Gasteiger partial charge in [-0.05, 0) is 39.2 Å². The molecule has 15 heavy (non-hydrogen) atoms. The van der Waals surface area contributed by atoms with E-state index < -0.39 is 0 Å². The molecule has 0 amide bonds.